The number of carbonyl (C=O) groups excluding carboxylic acids is 2. The van der Waals surface area contributed by atoms with Gasteiger partial charge in [0.1, 0.15) is 4.88 Å². The van der Waals surface area contributed by atoms with Crippen LogP contribution in [0.15, 0.2) is 0 Å². The summed E-state index contributed by atoms with van der Waals surface area (Å²) in [5, 5.41) is 3.84. The summed E-state index contributed by atoms with van der Waals surface area (Å²) in [7, 11) is 1.28. The summed E-state index contributed by atoms with van der Waals surface area (Å²) in [5.41, 5.74) is 0.0975. The fraction of sp³-hybridized carbons (Fsp3) is 0.643. The average molecular weight is 330 g/mol. The quantitative estimate of drug-likeness (QED) is 0.581. The number of thiazole rings is 1. The van der Waals surface area contributed by atoms with Gasteiger partial charge in [0.05, 0.1) is 7.11 Å². The third kappa shape index (κ3) is 4.20. The van der Waals surface area contributed by atoms with E-state index in [1.54, 1.807) is 0 Å². The van der Waals surface area contributed by atoms with Crippen molar-refractivity contribution in [1.29, 1.82) is 0 Å². The van der Waals surface area contributed by atoms with E-state index in [0.717, 1.165) is 19.4 Å². The number of aromatic nitrogens is 1. The Balaban J connectivity index is 2.95. The Morgan fingerprint density at radius 2 is 2.00 bits per heavy atom. The number of nitrogens with zero attached hydrogens (tertiary/aromatic N) is 1. The van der Waals surface area contributed by atoms with Crippen molar-refractivity contribution < 1.29 is 14.3 Å². The summed E-state index contributed by atoms with van der Waals surface area (Å²) in [5.74, 6) is -0.755. The van der Waals surface area contributed by atoms with Crippen molar-refractivity contribution in [1.82, 2.24) is 4.98 Å². The summed E-state index contributed by atoms with van der Waals surface area (Å²) in [6, 6.07) is 0. The summed E-state index contributed by atoms with van der Waals surface area (Å²) in [6.07, 6.45) is 4.16. The molecule has 1 N–H and O–H groups in total. The number of ketones is 1. The lowest BCUT2D eigenvalue weighted by Crippen LogP contribution is -2.31. The van der Waals surface area contributed by atoms with Crippen LogP contribution in [0.3, 0.4) is 0 Å². The molecule has 0 bridgehead atoms. The van der Waals surface area contributed by atoms with E-state index in [9.17, 15) is 9.59 Å². The lowest BCUT2D eigenvalue weighted by molar-refractivity contribution is 0.0591. The molecule has 0 unspecified atom stereocenters. The lowest BCUT2D eigenvalue weighted by atomic mass is 10.0. The predicted octanol–water partition coefficient (Wildman–Crippen LogP) is 3.47. The minimum Gasteiger partial charge on any atom is -0.464 e. The first kappa shape index (κ1) is 18.0. The van der Waals surface area contributed by atoms with Crippen LogP contribution in [0.1, 0.15) is 53.8 Å². The molecule has 21 heavy (non-hydrogen) atoms. The number of carbonyl (C=O) groups is 2. The van der Waals surface area contributed by atoms with Gasteiger partial charge >= 0.3 is 5.97 Å². The Bertz CT molecular complexity index is 502. The molecular formula is C14H22N2O3S2. The normalized spacial score (nSPS) is 11.3. The van der Waals surface area contributed by atoms with E-state index in [2.05, 4.69) is 35.1 Å². The smallest absolute Gasteiger partial charge is 0.358 e. The van der Waals surface area contributed by atoms with E-state index < -0.39 is 5.97 Å². The maximum atomic E-state index is 11.7. The van der Waals surface area contributed by atoms with E-state index in [0.29, 0.717) is 10.0 Å². The van der Waals surface area contributed by atoms with Crippen molar-refractivity contribution in [2.24, 2.45) is 0 Å². The number of methoxy groups -OCH3 is 1. The Labute approximate surface area is 133 Å². The van der Waals surface area contributed by atoms with Gasteiger partial charge in [0.15, 0.2) is 16.6 Å². The molecule has 0 atom stereocenters. The Morgan fingerprint density at radius 3 is 2.43 bits per heavy atom. The second kappa shape index (κ2) is 7.79. The molecule has 1 aromatic heterocycles. The maximum Gasteiger partial charge on any atom is 0.358 e. The first-order chi connectivity index (χ1) is 9.92. The van der Waals surface area contributed by atoms with Crippen molar-refractivity contribution >= 4 is 40.0 Å². The van der Waals surface area contributed by atoms with Gasteiger partial charge in [-0.05, 0) is 19.1 Å². The monoisotopic (exact) mass is 330 g/mol. The highest BCUT2D eigenvalue weighted by Gasteiger charge is 2.26. The van der Waals surface area contributed by atoms with Gasteiger partial charge in [-0.15, -0.1) is 0 Å². The molecule has 0 fully saturated rings. The van der Waals surface area contributed by atoms with Crippen LogP contribution < -0.4 is 5.32 Å². The van der Waals surface area contributed by atoms with E-state index in [4.69, 9.17) is 0 Å². The Kier molecular flexibility index (Phi) is 6.67. The van der Waals surface area contributed by atoms with Crippen molar-refractivity contribution in [2.45, 2.75) is 38.4 Å². The first-order valence-corrected chi connectivity index (χ1v) is 8.86. The zero-order valence-corrected chi connectivity index (χ0v) is 14.7. The molecule has 0 spiro atoms. The highest BCUT2D eigenvalue weighted by Crippen LogP contribution is 2.32. The van der Waals surface area contributed by atoms with Crippen LogP contribution in [0, 0.1) is 0 Å². The van der Waals surface area contributed by atoms with Gasteiger partial charge in [0, 0.05) is 18.2 Å². The number of hydrogen-bond donors (Lipinski definition) is 1. The van der Waals surface area contributed by atoms with Gasteiger partial charge < -0.3 is 10.1 Å². The minimum atomic E-state index is -0.577. The van der Waals surface area contributed by atoms with Gasteiger partial charge in [0.2, 0.25) is 0 Å². The second-order valence-corrected chi connectivity index (χ2v) is 6.97. The highest BCUT2D eigenvalue weighted by molar-refractivity contribution is 8.00. The largest absolute Gasteiger partial charge is 0.464 e. The molecule has 118 valence electrons. The third-order valence-electron chi connectivity index (χ3n) is 3.61. The molecular weight excluding hydrogens is 308 g/mol. The van der Waals surface area contributed by atoms with Crippen LogP contribution in [0.2, 0.25) is 0 Å². The van der Waals surface area contributed by atoms with Crippen LogP contribution >= 0.6 is 23.1 Å². The summed E-state index contributed by atoms with van der Waals surface area (Å²) in [4.78, 5) is 27.8. The molecule has 0 saturated heterocycles. The molecule has 1 aromatic rings. The van der Waals surface area contributed by atoms with Gasteiger partial charge in [-0.25, -0.2) is 9.78 Å². The molecule has 0 aromatic carbocycles. The fourth-order valence-electron chi connectivity index (χ4n) is 1.97. The van der Waals surface area contributed by atoms with E-state index in [1.807, 2.05) is 11.8 Å². The molecule has 0 aliphatic carbocycles. The second-order valence-electron chi connectivity index (χ2n) is 4.69. The summed E-state index contributed by atoms with van der Waals surface area (Å²) >= 11 is 3.02. The maximum absolute atomic E-state index is 11.7. The molecule has 0 amide bonds. The number of Topliss-reactive ketones (excluding diaryl/α,β-unsaturated/α-hetero) is 1. The topological polar surface area (TPSA) is 68.3 Å². The lowest BCUT2D eigenvalue weighted by Gasteiger charge is -2.29. The average Bonchev–Trinajstić information content (AvgIpc) is 2.93. The summed E-state index contributed by atoms with van der Waals surface area (Å²) in [6.45, 7) is 6.48. The molecule has 7 heteroatoms. The number of thioether (sulfide) groups is 1. The van der Waals surface area contributed by atoms with E-state index in [1.165, 1.54) is 25.4 Å². The zero-order chi connectivity index (χ0) is 16.0. The van der Waals surface area contributed by atoms with E-state index >= 15 is 0 Å². The van der Waals surface area contributed by atoms with Crippen LogP contribution in [0.5, 0.6) is 0 Å². The van der Waals surface area contributed by atoms with Crippen LogP contribution in [0.4, 0.5) is 5.13 Å². The SMILES string of the molecule is CCC(CC)(CNc1nc(C(=O)OC)c(C(C)=O)s1)SC. The molecule has 5 nitrogen and oxygen atoms in total. The Morgan fingerprint density at radius 1 is 1.38 bits per heavy atom. The number of esters is 1. The van der Waals surface area contributed by atoms with Crippen molar-refractivity contribution in [2.75, 3.05) is 25.2 Å². The zero-order valence-electron chi connectivity index (χ0n) is 13.1. The van der Waals surface area contributed by atoms with Gasteiger partial charge in [0.25, 0.3) is 0 Å². The molecule has 0 aliphatic heterocycles. The van der Waals surface area contributed by atoms with Gasteiger partial charge in [-0.1, -0.05) is 25.2 Å². The third-order valence-corrected chi connectivity index (χ3v) is 6.31. The number of nitrogens with one attached hydrogen (secondary N) is 1. The molecule has 0 radical (unpaired) electrons. The van der Waals surface area contributed by atoms with Crippen molar-refractivity contribution in [3.63, 3.8) is 0 Å². The van der Waals surface area contributed by atoms with Crippen LogP contribution in [-0.2, 0) is 4.74 Å². The van der Waals surface area contributed by atoms with Crippen LogP contribution in [0.25, 0.3) is 0 Å². The summed E-state index contributed by atoms with van der Waals surface area (Å²) < 4.78 is 4.80. The number of rotatable bonds is 8. The van der Waals surface area contributed by atoms with Crippen molar-refractivity contribution in [3.8, 4) is 0 Å². The first-order valence-electron chi connectivity index (χ1n) is 6.82. The van der Waals surface area contributed by atoms with E-state index in [-0.39, 0.29) is 16.2 Å². The molecule has 1 rings (SSSR count). The number of ether oxygens (including phenoxy) is 1. The highest BCUT2D eigenvalue weighted by atomic mass is 32.2. The Hall–Kier alpha value is -1.08. The van der Waals surface area contributed by atoms with Crippen molar-refractivity contribution in [3.05, 3.63) is 10.6 Å². The molecule has 0 saturated carbocycles. The standard InChI is InChI=1S/C14H22N2O3S2/c1-6-14(7-2,20-5)8-15-13-16-10(12(18)19-4)11(21-13)9(3)17/h6-8H2,1-5H3,(H,15,16). The molecule has 1 heterocycles. The van der Waals surface area contributed by atoms with Gasteiger partial charge in [-0.2, -0.15) is 11.8 Å². The van der Waals surface area contributed by atoms with Crippen LogP contribution in [-0.4, -0.2) is 41.4 Å². The predicted molar refractivity (Wildman–Crippen MR) is 88.8 cm³/mol. The number of anilines is 1. The van der Waals surface area contributed by atoms with Gasteiger partial charge in [-0.3, -0.25) is 4.79 Å². The minimum absolute atomic E-state index is 0.0975. The fourth-order valence-corrected chi connectivity index (χ4v) is 3.60. The number of hydrogen-bond acceptors (Lipinski definition) is 7. The molecule has 0 aliphatic rings.